The Morgan fingerprint density at radius 1 is 1.23 bits per heavy atom. The maximum atomic E-state index is 13.2. The molecule has 40 heavy (non-hydrogen) atoms. The molecule has 13 nitrogen and oxygen atoms in total. The van der Waals surface area contributed by atoms with Crippen molar-refractivity contribution in [1.82, 2.24) is 20.5 Å². The first-order valence-corrected chi connectivity index (χ1v) is 13.6. The number of amides is 3. The number of thiazole rings is 1. The molecular formula is C24H24N7NaO6S2. The molecule has 2 saturated heterocycles. The van der Waals surface area contributed by atoms with Gasteiger partial charge < -0.3 is 32.4 Å². The molecule has 2 fully saturated rings. The molecule has 3 amide bonds. The van der Waals surface area contributed by atoms with Gasteiger partial charge in [-0.3, -0.25) is 19.3 Å². The molecule has 2 aromatic rings. The van der Waals surface area contributed by atoms with Gasteiger partial charge in [0, 0.05) is 28.9 Å². The van der Waals surface area contributed by atoms with E-state index in [9.17, 15) is 29.5 Å². The summed E-state index contributed by atoms with van der Waals surface area (Å²) in [5.74, 6) is -2.91. The van der Waals surface area contributed by atoms with Gasteiger partial charge in [-0.2, -0.15) is 0 Å². The number of nitrogen functional groups attached to an aromatic ring is 2. The first-order chi connectivity index (χ1) is 18.7. The molecule has 1 aromatic carbocycles. The van der Waals surface area contributed by atoms with Crippen molar-refractivity contribution in [3.05, 3.63) is 63.3 Å². The molecule has 2 atom stereocenters. The Bertz CT molecular complexity index is 1490. The van der Waals surface area contributed by atoms with Gasteiger partial charge in [0.15, 0.2) is 10.8 Å². The van der Waals surface area contributed by atoms with Crippen molar-refractivity contribution < 1.29 is 29.5 Å². The number of nitrogens with zero attached hydrogens (tertiary/aromatic N) is 3. The van der Waals surface area contributed by atoms with Crippen LogP contribution in [0.25, 0.3) is 0 Å². The third-order valence-electron chi connectivity index (χ3n) is 6.56. The number of benzene rings is 1. The van der Waals surface area contributed by atoms with E-state index in [2.05, 4.69) is 20.8 Å². The van der Waals surface area contributed by atoms with Crippen molar-refractivity contribution in [1.29, 1.82) is 0 Å². The normalized spacial score (nSPS) is 21.7. The number of thioether (sulfide) groups is 1. The number of carboxylic acids is 1. The monoisotopic (exact) mass is 593 g/mol. The van der Waals surface area contributed by atoms with Crippen LogP contribution in [0.1, 0.15) is 17.7 Å². The van der Waals surface area contributed by atoms with Gasteiger partial charge in [-0.25, -0.2) is 9.78 Å². The van der Waals surface area contributed by atoms with Gasteiger partial charge in [-0.15, -0.1) is 23.1 Å². The summed E-state index contributed by atoms with van der Waals surface area (Å²) >= 11 is 2.31. The van der Waals surface area contributed by atoms with Crippen LogP contribution >= 0.6 is 23.1 Å². The number of carbonyl (C=O) groups is 4. The molecule has 16 heteroatoms. The van der Waals surface area contributed by atoms with Crippen LogP contribution in [0.2, 0.25) is 0 Å². The standard InChI is InChI=1S/C24H23N7O6S2.Na.H/c25-11-3-1-10(2-4-11)7-13(12-5-6-27-19(12)32)14-8-38-22-17(21(34)31(22)18(14)23(35)36)29-20(33)16(30-37)15-9-39-24(26)28-15;;/h1-4,9,17,22,37H,5-8,25H2,(H2,26,28)(H,27,32)(H,29,33)(H,35,36);;/t17-,22-;;/m1../s1. The van der Waals surface area contributed by atoms with Crippen LogP contribution in [-0.4, -0.2) is 103 Å². The van der Waals surface area contributed by atoms with Crippen molar-refractivity contribution >= 4 is 92.9 Å². The number of fused-ring (bicyclic) bond motifs is 1. The van der Waals surface area contributed by atoms with E-state index < -0.39 is 34.9 Å². The number of carboxylic acid groups (broad SMARTS) is 1. The van der Waals surface area contributed by atoms with Gasteiger partial charge in [0.2, 0.25) is 5.91 Å². The van der Waals surface area contributed by atoms with E-state index in [1.165, 1.54) is 17.1 Å². The molecule has 204 valence electrons. The molecule has 0 aliphatic carbocycles. The number of carbonyl (C=O) groups excluding carboxylic acids is 3. The second kappa shape index (κ2) is 12.0. The average Bonchev–Trinajstić information content (AvgIpc) is 3.54. The quantitative estimate of drug-likeness (QED) is 0.0466. The van der Waals surface area contributed by atoms with Crippen LogP contribution in [0, 0.1) is 0 Å². The molecule has 0 unspecified atom stereocenters. The molecule has 0 saturated carbocycles. The van der Waals surface area contributed by atoms with Crippen molar-refractivity contribution in [3.8, 4) is 0 Å². The number of hydrogen-bond donors (Lipinski definition) is 6. The Morgan fingerprint density at radius 3 is 2.52 bits per heavy atom. The van der Waals surface area contributed by atoms with E-state index >= 15 is 0 Å². The Kier molecular flexibility index (Phi) is 8.90. The number of hydrogen-bond acceptors (Lipinski definition) is 11. The zero-order valence-electron chi connectivity index (χ0n) is 20.2. The average molecular weight is 594 g/mol. The number of aliphatic carboxylic acids is 1. The number of rotatable bonds is 7. The van der Waals surface area contributed by atoms with Crippen LogP contribution in [0.3, 0.4) is 0 Å². The zero-order chi connectivity index (χ0) is 27.8. The number of aromatic nitrogens is 1. The van der Waals surface area contributed by atoms with E-state index in [-0.39, 0.29) is 64.2 Å². The van der Waals surface area contributed by atoms with Crippen LogP contribution < -0.4 is 22.1 Å². The molecule has 0 radical (unpaired) electrons. The second-order valence-corrected chi connectivity index (χ2v) is 10.9. The van der Waals surface area contributed by atoms with Crippen LogP contribution in [0.15, 0.2) is 57.2 Å². The predicted octanol–water partition coefficient (Wildman–Crippen LogP) is -0.365. The zero-order valence-corrected chi connectivity index (χ0v) is 21.8. The van der Waals surface area contributed by atoms with Crippen molar-refractivity contribution in [2.24, 2.45) is 5.16 Å². The van der Waals surface area contributed by atoms with E-state index in [1.54, 1.807) is 24.3 Å². The first-order valence-electron chi connectivity index (χ1n) is 11.7. The van der Waals surface area contributed by atoms with Gasteiger partial charge >= 0.3 is 35.5 Å². The number of β-lactam (4-membered cyclic amide) rings is 1. The van der Waals surface area contributed by atoms with Crippen molar-refractivity contribution in [3.63, 3.8) is 0 Å². The first kappa shape index (κ1) is 29.6. The predicted molar refractivity (Wildman–Crippen MR) is 151 cm³/mol. The van der Waals surface area contributed by atoms with Gasteiger partial charge in [-0.05, 0) is 41.7 Å². The van der Waals surface area contributed by atoms with Crippen molar-refractivity contribution in [2.45, 2.75) is 24.3 Å². The Balaban J connectivity index is 0.00000370. The summed E-state index contributed by atoms with van der Waals surface area (Å²) in [5, 5.41) is 28.7. The molecule has 4 heterocycles. The number of allylic oxidation sites excluding steroid dienone is 1. The van der Waals surface area contributed by atoms with E-state index in [0.717, 1.165) is 21.8 Å². The minimum absolute atomic E-state index is 0. The number of nitrogens with one attached hydrogen (secondary N) is 2. The Morgan fingerprint density at radius 2 is 1.95 bits per heavy atom. The fourth-order valence-corrected chi connectivity index (χ4v) is 6.64. The molecule has 0 bridgehead atoms. The number of oxime groups is 1. The molecule has 8 N–H and O–H groups in total. The van der Waals surface area contributed by atoms with E-state index in [0.29, 0.717) is 35.4 Å². The molecule has 0 spiro atoms. The molecule has 3 aliphatic rings. The SMILES string of the molecule is Nc1ccc(CC(=C2CCNC2=O)C2=C(C(=O)O)N3C(=O)[C@@H](NC(=O)C(=NO)c4csc(N)n4)[C@H]3SC2)cc1.[NaH]. The van der Waals surface area contributed by atoms with Gasteiger partial charge in [0.05, 0.1) is 0 Å². The Labute approximate surface area is 258 Å². The second-order valence-electron chi connectivity index (χ2n) is 8.89. The molecule has 3 aliphatic heterocycles. The van der Waals surface area contributed by atoms with Crippen LogP contribution in [0.5, 0.6) is 0 Å². The van der Waals surface area contributed by atoms with Crippen molar-refractivity contribution in [2.75, 3.05) is 23.8 Å². The number of anilines is 2. The molecule has 5 rings (SSSR count). The summed E-state index contributed by atoms with van der Waals surface area (Å²) in [6.07, 6.45) is 0.695. The van der Waals surface area contributed by atoms with Gasteiger partial charge in [-0.1, -0.05) is 17.3 Å². The summed E-state index contributed by atoms with van der Waals surface area (Å²) in [4.78, 5) is 56.2. The summed E-state index contributed by atoms with van der Waals surface area (Å²) in [5.41, 5.74) is 13.6. The number of nitrogens with two attached hydrogens (primary N) is 2. The topological polar surface area (TPSA) is 213 Å². The maximum absolute atomic E-state index is 13.2. The van der Waals surface area contributed by atoms with Crippen LogP contribution in [0.4, 0.5) is 10.8 Å². The third-order valence-corrected chi connectivity index (χ3v) is 8.51. The van der Waals surface area contributed by atoms with Gasteiger partial charge in [0.25, 0.3) is 11.8 Å². The summed E-state index contributed by atoms with van der Waals surface area (Å²) in [7, 11) is 0. The minimum atomic E-state index is -1.32. The Hall–Kier alpha value is -3.37. The van der Waals surface area contributed by atoms with Gasteiger partial charge in [0.1, 0.15) is 22.8 Å². The third kappa shape index (κ3) is 5.47. The fraction of sp³-hybridized carbons (Fsp3) is 0.250. The van der Waals surface area contributed by atoms with Crippen LogP contribution in [-0.2, 0) is 25.6 Å². The fourth-order valence-electron chi connectivity index (χ4n) is 4.71. The van der Waals surface area contributed by atoms with E-state index in [4.69, 9.17) is 11.5 Å². The van der Waals surface area contributed by atoms with E-state index in [1.807, 2.05) is 0 Å². The summed E-state index contributed by atoms with van der Waals surface area (Å²) in [6, 6.07) is 5.99. The summed E-state index contributed by atoms with van der Waals surface area (Å²) < 4.78 is 0. The molecule has 1 aromatic heterocycles. The summed E-state index contributed by atoms with van der Waals surface area (Å²) in [6.45, 7) is 0.432. The molecular weight excluding hydrogens is 569 g/mol.